The van der Waals surface area contributed by atoms with E-state index in [-0.39, 0.29) is 17.6 Å². The van der Waals surface area contributed by atoms with Crippen LogP contribution in [-0.4, -0.2) is 19.6 Å². The zero-order chi connectivity index (χ0) is 20.4. The highest BCUT2D eigenvalue weighted by molar-refractivity contribution is 7.11. The third-order valence-corrected chi connectivity index (χ3v) is 6.07. The van der Waals surface area contributed by atoms with Gasteiger partial charge in [0.2, 0.25) is 5.91 Å². The van der Waals surface area contributed by atoms with Crippen LogP contribution in [0.25, 0.3) is 11.1 Å². The summed E-state index contributed by atoms with van der Waals surface area (Å²) in [5.74, 6) is 0.924. The maximum atomic E-state index is 13.7. The number of thiophene rings is 1. The van der Waals surface area contributed by atoms with Crippen LogP contribution in [0.15, 0.2) is 47.8 Å². The Labute approximate surface area is 173 Å². The van der Waals surface area contributed by atoms with E-state index < -0.39 is 0 Å². The van der Waals surface area contributed by atoms with E-state index in [9.17, 15) is 9.18 Å². The van der Waals surface area contributed by atoms with Crippen LogP contribution < -0.4 is 14.8 Å². The molecule has 0 unspecified atom stereocenters. The number of methoxy groups -OCH3 is 1. The number of nitrogens with one attached hydrogen (secondary N) is 1. The fourth-order valence-electron chi connectivity index (χ4n) is 3.60. The molecule has 0 spiro atoms. The van der Waals surface area contributed by atoms with E-state index in [0.29, 0.717) is 24.5 Å². The first-order valence-corrected chi connectivity index (χ1v) is 10.5. The largest absolute Gasteiger partial charge is 0.493 e. The first kappa shape index (κ1) is 19.5. The molecule has 3 aromatic rings. The van der Waals surface area contributed by atoms with Gasteiger partial charge in [0.25, 0.3) is 0 Å². The van der Waals surface area contributed by atoms with E-state index in [1.165, 1.54) is 12.1 Å². The maximum absolute atomic E-state index is 13.7. The Kier molecular flexibility index (Phi) is 5.53. The molecule has 0 saturated carbocycles. The van der Waals surface area contributed by atoms with Crippen LogP contribution in [-0.2, 0) is 4.79 Å². The summed E-state index contributed by atoms with van der Waals surface area (Å²) in [7, 11) is 1.62. The summed E-state index contributed by atoms with van der Waals surface area (Å²) in [6, 6.07) is 12.3. The van der Waals surface area contributed by atoms with Crippen LogP contribution >= 0.6 is 11.3 Å². The molecule has 1 amide bonds. The van der Waals surface area contributed by atoms with Gasteiger partial charge in [-0.2, -0.15) is 0 Å². The van der Waals surface area contributed by atoms with E-state index >= 15 is 0 Å². The summed E-state index contributed by atoms with van der Waals surface area (Å²) in [4.78, 5) is 13.5. The fraction of sp³-hybridized carbons (Fsp3) is 0.261. The Morgan fingerprint density at radius 1 is 1.21 bits per heavy atom. The third-order valence-electron chi connectivity index (χ3n) is 4.98. The van der Waals surface area contributed by atoms with Gasteiger partial charge >= 0.3 is 0 Å². The van der Waals surface area contributed by atoms with Crippen LogP contribution in [0.4, 0.5) is 10.1 Å². The molecule has 2 aromatic carbocycles. The second-order valence-corrected chi connectivity index (χ2v) is 7.87. The maximum Gasteiger partial charge on any atom is 0.225 e. The first-order chi connectivity index (χ1) is 14.1. The number of carbonyl (C=O) groups excluding carboxylic acids is 1. The lowest BCUT2D eigenvalue weighted by atomic mass is 9.89. The molecule has 0 fully saturated rings. The molecule has 4 rings (SSSR count). The molecule has 1 aromatic heterocycles. The lowest BCUT2D eigenvalue weighted by Gasteiger charge is -2.24. The zero-order valence-electron chi connectivity index (χ0n) is 16.3. The highest BCUT2D eigenvalue weighted by Crippen LogP contribution is 2.47. The number of rotatable bonds is 6. The number of fused-ring (bicyclic) bond motifs is 1. The van der Waals surface area contributed by atoms with Gasteiger partial charge in [-0.05, 0) is 41.8 Å². The van der Waals surface area contributed by atoms with Crippen molar-refractivity contribution >= 4 is 22.9 Å². The summed E-state index contributed by atoms with van der Waals surface area (Å²) in [5.41, 5.74) is 3.36. The fourth-order valence-corrected chi connectivity index (χ4v) is 4.76. The molecular weight excluding hydrogens is 389 g/mol. The van der Waals surface area contributed by atoms with Crippen molar-refractivity contribution in [2.24, 2.45) is 0 Å². The molecule has 2 heterocycles. The number of anilines is 1. The average molecular weight is 411 g/mol. The molecule has 0 radical (unpaired) electrons. The second-order valence-electron chi connectivity index (χ2n) is 6.96. The topological polar surface area (TPSA) is 47.6 Å². The molecule has 1 aliphatic heterocycles. The van der Waals surface area contributed by atoms with Crippen LogP contribution in [0.1, 0.15) is 36.1 Å². The number of amides is 1. The van der Waals surface area contributed by atoms with Crippen molar-refractivity contribution in [1.82, 2.24) is 0 Å². The van der Waals surface area contributed by atoms with Crippen molar-refractivity contribution in [2.75, 3.05) is 19.0 Å². The molecule has 0 saturated heterocycles. The minimum atomic E-state index is -0.298. The second kappa shape index (κ2) is 8.25. The summed E-state index contributed by atoms with van der Waals surface area (Å²) >= 11 is 1.58. The van der Waals surface area contributed by atoms with Crippen molar-refractivity contribution in [3.63, 3.8) is 0 Å². The van der Waals surface area contributed by atoms with Crippen LogP contribution in [0, 0.1) is 5.82 Å². The van der Waals surface area contributed by atoms with Gasteiger partial charge in [-0.3, -0.25) is 4.79 Å². The number of hydrogen-bond acceptors (Lipinski definition) is 4. The Bertz CT molecular complexity index is 1050. The van der Waals surface area contributed by atoms with Crippen LogP contribution in [0.3, 0.4) is 0 Å². The molecule has 1 N–H and O–H groups in total. The molecule has 1 aliphatic rings. The summed E-state index contributed by atoms with van der Waals surface area (Å²) in [6.45, 7) is 2.67. The monoisotopic (exact) mass is 411 g/mol. The Morgan fingerprint density at radius 3 is 2.83 bits per heavy atom. The Balaban J connectivity index is 1.73. The van der Waals surface area contributed by atoms with Crippen molar-refractivity contribution < 1.29 is 18.7 Å². The van der Waals surface area contributed by atoms with E-state index in [4.69, 9.17) is 9.47 Å². The molecule has 150 valence electrons. The van der Waals surface area contributed by atoms with Crippen LogP contribution in [0.2, 0.25) is 0 Å². The molecule has 6 heteroatoms. The Hall–Kier alpha value is -2.86. The van der Waals surface area contributed by atoms with Crippen molar-refractivity contribution in [1.29, 1.82) is 0 Å². The molecule has 4 nitrogen and oxygen atoms in total. The number of hydrogen-bond donors (Lipinski definition) is 1. The smallest absolute Gasteiger partial charge is 0.225 e. The van der Waals surface area contributed by atoms with E-state index in [2.05, 4.69) is 12.2 Å². The van der Waals surface area contributed by atoms with Gasteiger partial charge in [0.1, 0.15) is 5.82 Å². The van der Waals surface area contributed by atoms with Gasteiger partial charge in [0.15, 0.2) is 11.5 Å². The molecule has 0 aliphatic carbocycles. The van der Waals surface area contributed by atoms with Gasteiger partial charge in [0, 0.05) is 28.2 Å². The SMILES string of the molecule is CCCOc1ccc([C@@H]2CC(=O)Nc3c(-c4cccc(F)c4)csc32)cc1OC. The Morgan fingerprint density at radius 2 is 2.07 bits per heavy atom. The predicted molar refractivity (Wildman–Crippen MR) is 114 cm³/mol. The summed E-state index contributed by atoms with van der Waals surface area (Å²) in [6.07, 6.45) is 1.27. The predicted octanol–water partition coefficient (Wildman–Crippen LogP) is 5.83. The van der Waals surface area contributed by atoms with Crippen molar-refractivity contribution in [3.05, 3.63) is 64.1 Å². The standard InChI is InChI=1S/C23H22FNO3S/c1-3-9-28-19-8-7-15(11-20(19)27-2)17-12-21(26)25-22-18(13-29-23(17)22)14-5-4-6-16(24)10-14/h4-8,10-11,13,17H,3,9,12H2,1-2H3,(H,25,26)/t17-/m0/s1. The van der Waals surface area contributed by atoms with Gasteiger partial charge in [-0.1, -0.05) is 25.1 Å². The average Bonchev–Trinajstić information content (AvgIpc) is 3.15. The minimum Gasteiger partial charge on any atom is -0.493 e. The van der Waals surface area contributed by atoms with Crippen molar-refractivity contribution in [3.8, 4) is 22.6 Å². The van der Waals surface area contributed by atoms with E-state index in [1.54, 1.807) is 24.5 Å². The number of ether oxygens (including phenoxy) is 2. The lowest BCUT2D eigenvalue weighted by molar-refractivity contribution is -0.116. The normalized spacial score (nSPS) is 15.6. The van der Waals surface area contributed by atoms with Crippen LogP contribution in [0.5, 0.6) is 11.5 Å². The summed E-state index contributed by atoms with van der Waals surface area (Å²) < 4.78 is 25.0. The highest BCUT2D eigenvalue weighted by Gasteiger charge is 2.31. The van der Waals surface area contributed by atoms with Crippen molar-refractivity contribution in [2.45, 2.75) is 25.7 Å². The zero-order valence-corrected chi connectivity index (χ0v) is 17.1. The van der Waals surface area contributed by atoms with E-state index in [1.807, 2.05) is 29.6 Å². The third kappa shape index (κ3) is 3.85. The molecule has 0 bridgehead atoms. The van der Waals surface area contributed by atoms with Gasteiger partial charge in [0.05, 0.1) is 19.4 Å². The highest BCUT2D eigenvalue weighted by atomic mass is 32.1. The number of halogens is 1. The number of carbonyl (C=O) groups is 1. The van der Waals surface area contributed by atoms with E-state index in [0.717, 1.165) is 33.7 Å². The number of benzene rings is 2. The quantitative estimate of drug-likeness (QED) is 0.555. The van der Waals surface area contributed by atoms with Gasteiger partial charge in [-0.15, -0.1) is 11.3 Å². The lowest BCUT2D eigenvalue weighted by Crippen LogP contribution is -2.22. The molecule has 29 heavy (non-hydrogen) atoms. The first-order valence-electron chi connectivity index (χ1n) is 9.58. The molecule has 1 atom stereocenters. The van der Waals surface area contributed by atoms with Gasteiger partial charge < -0.3 is 14.8 Å². The van der Waals surface area contributed by atoms with Gasteiger partial charge in [-0.25, -0.2) is 4.39 Å². The molecular formula is C23H22FNO3S. The summed E-state index contributed by atoms with van der Waals surface area (Å²) in [5, 5.41) is 4.97. The minimum absolute atomic E-state index is 0.0520.